The molecule has 0 fully saturated rings. The third-order valence-electron chi connectivity index (χ3n) is 4.68. The molecule has 1 spiro atoms. The third-order valence-corrected chi connectivity index (χ3v) is 4.68. The van der Waals surface area contributed by atoms with Gasteiger partial charge in [-0.3, -0.25) is 4.91 Å². The molecule has 28 heavy (non-hydrogen) atoms. The Morgan fingerprint density at radius 3 is 1.93 bits per heavy atom. The summed E-state index contributed by atoms with van der Waals surface area (Å²) in [6.45, 7) is 0. The Morgan fingerprint density at radius 1 is 0.821 bits per heavy atom. The molecule has 3 aromatic rings. The van der Waals surface area contributed by atoms with Crippen molar-refractivity contribution in [3.05, 3.63) is 98.9 Å². The largest absolute Gasteiger partial charge is 0.508 e. The van der Waals surface area contributed by atoms with Gasteiger partial charge in [0, 0.05) is 28.8 Å². The van der Waals surface area contributed by atoms with E-state index in [1.54, 1.807) is 24.3 Å². The molecule has 0 bridgehead atoms. The van der Waals surface area contributed by atoms with Gasteiger partial charge in [0.15, 0.2) is 5.60 Å². The van der Waals surface area contributed by atoms with E-state index in [0.29, 0.717) is 33.8 Å². The van der Waals surface area contributed by atoms with Gasteiger partial charge >= 0.3 is 5.97 Å². The molecule has 0 radical (unpaired) electrons. The molecule has 0 amide bonds. The molecule has 0 atom stereocenters. The van der Waals surface area contributed by atoms with Crippen molar-refractivity contribution in [2.24, 2.45) is 0 Å². The zero-order chi connectivity index (χ0) is 19.9. The van der Waals surface area contributed by atoms with E-state index in [9.17, 15) is 15.0 Å². The first kappa shape index (κ1) is 17.3. The van der Waals surface area contributed by atoms with Gasteiger partial charge in [0.25, 0.3) is 0 Å². The number of esters is 1. The summed E-state index contributed by atoms with van der Waals surface area (Å²) in [6.07, 6.45) is 0. The zero-order valence-electron chi connectivity index (χ0n) is 14.2. The van der Waals surface area contributed by atoms with Gasteiger partial charge in [-0.1, -0.05) is 18.2 Å². The fraction of sp³-hybridized carbons (Fsp3) is 0.0500. The molecule has 0 aliphatic carbocycles. The molecule has 8 heteroatoms. The van der Waals surface area contributed by atoms with Crippen LogP contribution >= 0.6 is 0 Å². The molecule has 2 heterocycles. The smallest absolute Gasteiger partial charge is 0.340 e. The van der Waals surface area contributed by atoms with Crippen LogP contribution in [0, 0.1) is 0 Å². The molecule has 0 saturated heterocycles. The van der Waals surface area contributed by atoms with Crippen molar-refractivity contribution < 1.29 is 24.5 Å². The van der Waals surface area contributed by atoms with Crippen LogP contribution in [0.2, 0.25) is 0 Å². The van der Waals surface area contributed by atoms with E-state index >= 15 is 0 Å². The molecule has 2 N–H and O–H groups in total. The van der Waals surface area contributed by atoms with Crippen LogP contribution < -0.4 is 4.74 Å². The van der Waals surface area contributed by atoms with Crippen LogP contribution in [0.5, 0.6) is 23.0 Å². The molecule has 0 unspecified atom stereocenters. The van der Waals surface area contributed by atoms with E-state index in [1.807, 2.05) is 12.1 Å². The average Bonchev–Trinajstić information content (AvgIpc) is 2.96. The van der Waals surface area contributed by atoms with E-state index in [-0.39, 0.29) is 11.5 Å². The Morgan fingerprint density at radius 2 is 1.36 bits per heavy atom. The Hall–Kier alpha value is -4.16. The van der Waals surface area contributed by atoms with Gasteiger partial charge < -0.3 is 30.7 Å². The van der Waals surface area contributed by atoms with Crippen LogP contribution in [0.1, 0.15) is 27.0 Å². The molecule has 0 saturated carbocycles. The molecule has 0 aromatic heterocycles. The van der Waals surface area contributed by atoms with Gasteiger partial charge in [0.2, 0.25) is 0 Å². The fourth-order valence-electron chi connectivity index (χ4n) is 3.65. The summed E-state index contributed by atoms with van der Waals surface area (Å²) < 4.78 is 11.8. The van der Waals surface area contributed by atoms with E-state index in [1.165, 1.54) is 29.2 Å². The lowest BCUT2D eigenvalue weighted by Gasteiger charge is -2.36. The lowest BCUT2D eigenvalue weighted by Crippen LogP contribution is -2.32. The van der Waals surface area contributed by atoms with Crippen molar-refractivity contribution in [1.82, 2.24) is 0 Å². The van der Waals surface area contributed by atoms with E-state index < -0.39 is 11.6 Å². The highest BCUT2D eigenvalue weighted by Gasteiger charge is 2.53. The molecular weight excluding hydrogens is 362 g/mol. The topological polar surface area (TPSA) is 135 Å². The number of aromatic hydroxyl groups is 2. The van der Waals surface area contributed by atoms with Gasteiger partial charge in [-0.2, -0.15) is 0 Å². The Labute approximate surface area is 158 Å². The highest BCUT2D eigenvalue weighted by Crippen LogP contribution is 2.56. The molecule has 138 valence electrons. The minimum atomic E-state index is -1.17. The minimum absolute atomic E-state index is 0.0371. The van der Waals surface area contributed by atoms with Crippen molar-refractivity contribution >= 4 is 5.97 Å². The van der Waals surface area contributed by atoms with Crippen molar-refractivity contribution in [3.8, 4) is 23.0 Å². The maximum Gasteiger partial charge on any atom is 0.340 e. The number of carbonyl (C=O) groups is 1. The van der Waals surface area contributed by atoms with Crippen molar-refractivity contribution in [2.45, 2.75) is 5.60 Å². The van der Waals surface area contributed by atoms with Crippen LogP contribution in [-0.4, -0.2) is 16.2 Å². The second-order valence-electron chi connectivity index (χ2n) is 6.17. The second-order valence-corrected chi connectivity index (χ2v) is 6.17. The number of hydrogen-bond acceptors (Lipinski definition) is 5. The average molecular weight is 374 g/mol. The van der Waals surface area contributed by atoms with Crippen LogP contribution in [0.25, 0.3) is 16.0 Å². The van der Waals surface area contributed by atoms with Crippen molar-refractivity contribution in [3.63, 3.8) is 0 Å². The fourth-order valence-corrected chi connectivity index (χ4v) is 3.65. The number of ether oxygens (including phenoxy) is 2. The molecule has 2 aliphatic rings. The normalized spacial score (nSPS) is 14.4. The highest BCUT2D eigenvalue weighted by atomic mass is 16.6. The van der Waals surface area contributed by atoms with Crippen LogP contribution in [0.4, 0.5) is 0 Å². The van der Waals surface area contributed by atoms with E-state index in [2.05, 4.69) is 0 Å². The second kappa shape index (κ2) is 6.22. The van der Waals surface area contributed by atoms with Gasteiger partial charge in [-0.15, -0.1) is 0 Å². The summed E-state index contributed by atoms with van der Waals surface area (Å²) in [5, 5.41) is 19.7. The molecule has 8 nitrogen and oxygen atoms in total. The van der Waals surface area contributed by atoms with Crippen molar-refractivity contribution in [2.75, 3.05) is 0 Å². The summed E-state index contributed by atoms with van der Waals surface area (Å²) in [7, 11) is 0. The number of rotatable bonds is 0. The van der Waals surface area contributed by atoms with Crippen LogP contribution in [0.15, 0.2) is 60.7 Å². The van der Waals surface area contributed by atoms with Gasteiger partial charge in [-0.25, -0.2) is 4.79 Å². The standard InChI is InChI=1S/C20H12O5.N3/c21-11-5-7-15-17(9-11)24-18-10-12(22)6-8-16(18)20(15)14-4-2-1-3-13(14)19(23)25-20;1-3-2/h1-10,21-22H;/q;-1. The number of carbonyl (C=O) groups excluding carboxylic acids is 1. The highest BCUT2D eigenvalue weighted by molar-refractivity contribution is 5.97. The Bertz CT molecular complexity index is 1100. The van der Waals surface area contributed by atoms with Gasteiger partial charge in [0.1, 0.15) is 23.0 Å². The zero-order valence-corrected chi connectivity index (χ0v) is 14.2. The monoisotopic (exact) mass is 374 g/mol. The first-order chi connectivity index (χ1) is 13.5. The molecular formula is C20H12N3O5-. The van der Waals surface area contributed by atoms with Crippen LogP contribution in [-0.2, 0) is 10.3 Å². The van der Waals surface area contributed by atoms with Gasteiger partial charge in [-0.05, 0) is 30.3 Å². The summed E-state index contributed by atoms with van der Waals surface area (Å²) in [4.78, 5) is 14.0. The SMILES string of the molecule is O=C1OC2(c3ccc(O)cc3Oc3cc(O)ccc32)c2ccccc21.[N-]=[N+]=[N-]. The minimum Gasteiger partial charge on any atom is -0.508 e. The maximum absolute atomic E-state index is 12.5. The maximum atomic E-state index is 12.5. The Balaban J connectivity index is 0.000000604. The predicted molar refractivity (Wildman–Crippen MR) is 98.1 cm³/mol. The van der Waals surface area contributed by atoms with E-state index in [0.717, 1.165) is 0 Å². The van der Waals surface area contributed by atoms with Crippen molar-refractivity contribution in [1.29, 1.82) is 0 Å². The third kappa shape index (κ3) is 2.33. The quantitative estimate of drug-likeness (QED) is 0.258. The predicted octanol–water partition coefficient (Wildman–Crippen LogP) is 4.53. The molecule has 3 aromatic carbocycles. The van der Waals surface area contributed by atoms with E-state index in [4.69, 9.17) is 20.5 Å². The number of phenolic OH excluding ortho intramolecular Hbond substituents is 2. The number of phenols is 2. The van der Waals surface area contributed by atoms with Crippen LogP contribution in [0.3, 0.4) is 0 Å². The number of benzene rings is 3. The number of fused-ring (bicyclic) bond motifs is 6. The first-order valence-electron chi connectivity index (χ1n) is 8.17. The Kier molecular flexibility index (Phi) is 3.84. The summed E-state index contributed by atoms with van der Waals surface area (Å²) in [5.41, 5.74) is 14.8. The number of hydrogen-bond donors (Lipinski definition) is 2. The lowest BCUT2D eigenvalue weighted by atomic mass is 9.77. The summed E-state index contributed by atoms with van der Waals surface area (Å²) in [5.74, 6) is 0.408. The first-order valence-corrected chi connectivity index (χ1v) is 8.17. The summed E-state index contributed by atoms with van der Waals surface area (Å²) in [6, 6.07) is 16.6. The lowest BCUT2D eigenvalue weighted by molar-refractivity contribution is 0.0224. The van der Waals surface area contributed by atoms with Gasteiger partial charge in [0.05, 0.1) is 5.56 Å². The summed E-state index contributed by atoms with van der Waals surface area (Å²) >= 11 is 0. The molecule has 5 rings (SSSR count). The number of nitrogens with zero attached hydrogens (tertiary/aromatic N) is 3. The molecule has 2 aliphatic heterocycles.